The summed E-state index contributed by atoms with van der Waals surface area (Å²) in [6.45, 7) is 4.93. The van der Waals surface area contributed by atoms with Gasteiger partial charge in [-0.15, -0.1) is 0 Å². The van der Waals surface area contributed by atoms with Gasteiger partial charge in [-0.2, -0.15) is 0 Å². The monoisotopic (exact) mass is 516 g/mol. The number of carbonyl (C=O) groups is 2. The van der Waals surface area contributed by atoms with E-state index in [1.165, 1.54) is 69.8 Å². The molecule has 1 atom stereocenters. The highest BCUT2D eigenvalue weighted by Crippen LogP contribution is 2.53. The molecule has 0 bridgehead atoms. The van der Waals surface area contributed by atoms with Crippen molar-refractivity contribution in [1.82, 2.24) is 10.2 Å². The van der Waals surface area contributed by atoms with E-state index in [2.05, 4.69) is 41.4 Å². The van der Waals surface area contributed by atoms with Crippen LogP contribution in [0.3, 0.4) is 0 Å². The number of hydrogen-bond donors (Lipinski definition) is 2. The van der Waals surface area contributed by atoms with Gasteiger partial charge in [0.25, 0.3) is 5.91 Å². The number of hydrogen-bond acceptors (Lipinski definition) is 3. The Morgan fingerprint density at radius 3 is 2.39 bits per heavy atom. The average molecular weight is 517 g/mol. The maximum Gasteiger partial charge on any atom is 0.326 e. The number of benzene rings is 2. The van der Waals surface area contributed by atoms with Crippen LogP contribution in [0.15, 0.2) is 42.5 Å². The number of aryl methyl sites for hydroxylation is 1. The summed E-state index contributed by atoms with van der Waals surface area (Å²) >= 11 is 0. The van der Waals surface area contributed by atoms with Crippen LogP contribution in [-0.4, -0.2) is 39.5 Å². The minimum Gasteiger partial charge on any atom is -0.480 e. The Balaban J connectivity index is 1.42. The molecule has 0 saturated heterocycles. The van der Waals surface area contributed by atoms with Gasteiger partial charge in [0.05, 0.1) is 0 Å². The van der Waals surface area contributed by atoms with Crippen molar-refractivity contribution in [2.45, 2.75) is 115 Å². The lowest BCUT2D eigenvalue weighted by molar-refractivity contribution is -0.139. The lowest BCUT2D eigenvalue weighted by atomic mass is 9.83. The Labute approximate surface area is 228 Å². The molecular weight excluding hydrogens is 472 g/mol. The summed E-state index contributed by atoms with van der Waals surface area (Å²) in [5.74, 6) is -0.417. The summed E-state index contributed by atoms with van der Waals surface area (Å²) in [6.07, 6.45) is 14.7. The molecule has 0 aromatic heterocycles. The van der Waals surface area contributed by atoms with E-state index in [-0.39, 0.29) is 5.91 Å². The summed E-state index contributed by atoms with van der Waals surface area (Å²) < 4.78 is 0. The molecule has 0 heterocycles. The second-order valence-corrected chi connectivity index (χ2v) is 12.1. The number of nitrogens with one attached hydrogen (secondary N) is 1. The van der Waals surface area contributed by atoms with Gasteiger partial charge in [0.1, 0.15) is 6.04 Å². The molecule has 3 aliphatic carbocycles. The van der Waals surface area contributed by atoms with Crippen molar-refractivity contribution < 1.29 is 14.7 Å². The minimum atomic E-state index is -0.984. The molecule has 1 unspecified atom stereocenters. The summed E-state index contributed by atoms with van der Waals surface area (Å²) in [6, 6.07) is 14.2. The summed E-state index contributed by atoms with van der Waals surface area (Å²) in [7, 11) is 0. The molecule has 0 aliphatic heterocycles. The summed E-state index contributed by atoms with van der Waals surface area (Å²) in [5.41, 5.74) is 5.19. The number of carboxylic acid groups (broad SMARTS) is 1. The minimum absolute atomic E-state index is 0.314. The van der Waals surface area contributed by atoms with Crippen LogP contribution in [-0.2, 0) is 11.3 Å². The number of rotatable bonds is 12. The van der Waals surface area contributed by atoms with Crippen molar-refractivity contribution >= 4 is 11.9 Å². The number of carboxylic acids is 1. The van der Waals surface area contributed by atoms with Crippen molar-refractivity contribution in [2.75, 3.05) is 0 Å². The third kappa shape index (κ3) is 6.14. The van der Waals surface area contributed by atoms with Crippen LogP contribution in [0.25, 0.3) is 11.1 Å². The first-order valence-electron chi connectivity index (χ1n) is 14.9. The molecule has 2 aromatic carbocycles. The van der Waals surface area contributed by atoms with E-state index < -0.39 is 12.0 Å². The average Bonchev–Trinajstić information content (AvgIpc) is 3.85. The molecule has 3 saturated carbocycles. The second-order valence-electron chi connectivity index (χ2n) is 12.1. The van der Waals surface area contributed by atoms with Crippen molar-refractivity contribution in [3.05, 3.63) is 59.2 Å². The molecule has 0 spiro atoms. The Morgan fingerprint density at radius 2 is 1.76 bits per heavy atom. The fourth-order valence-corrected chi connectivity index (χ4v) is 6.72. The molecule has 5 heteroatoms. The maximum absolute atomic E-state index is 13.4. The van der Waals surface area contributed by atoms with E-state index in [9.17, 15) is 14.7 Å². The van der Waals surface area contributed by atoms with Gasteiger partial charge in [0, 0.05) is 23.7 Å². The van der Waals surface area contributed by atoms with E-state index in [1.807, 2.05) is 25.1 Å². The second kappa shape index (κ2) is 11.6. The standard InChI is InChI=1S/C33H44N2O3/c1-3-9-30(32(37)38)34-31(36)28-17-14-25(20-29(28)27-13-8-7-10-23(27)2)22-35(26-15-16-26)33(18-19-33)21-24-11-5-4-6-12-24/h7-8,10,13-14,17,20,24,26,30H,3-6,9,11-12,15-16,18-19,21-22H2,1-2H3,(H,34,36)(H,37,38). The zero-order valence-corrected chi connectivity index (χ0v) is 23.2. The smallest absolute Gasteiger partial charge is 0.326 e. The van der Waals surface area contributed by atoms with Crippen molar-refractivity contribution in [2.24, 2.45) is 5.92 Å². The first-order valence-corrected chi connectivity index (χ1v) is 14.9. The number of carbonyl (C=O) groups excluding carboxylic acids is 1. The van der Waals surface area contributed by atoms with Gasteiger partial charge < -0.3 is 10.4 Å². The van der Waals surface area contributed by atoms with Crippen LogP contribution in [0.2, 0.25) is 0 Å². The normalized spacial score (nSPS) is 19.8. The van der Waals surface area contributed by atoms with E-state index in [1.54, 1.807) is 0 Å². The van der Waals surface area contributed by atoms with Gasteiger partial charge in [-0.05, 0) is 85.8 Å². The molecule has 204 valence electrons. The zero-order chi connectivity index (χ0) is 26.7. The molecule has 3 aliphatic rings. The Kier molecular flexibility index (Phi) is 8.23. The van der Waals surface area contributed by atoms with Gasteiger partial charge in [-0.3, -0.25) is 9.69 Å². The summed E-state index contributed by atoms with van der Waals surface area (Å²) in [5, 5.41) is 12.4. The van der Waals surface area contributed by atoms with Crippen molar-refractivity contribution in [3.8, 4) is 11.1 Å². The number of amides is 1. The Hall–Kier alpha value is -2.66. The predicted octanol–water partition coefficient (Wildman–Crippen LogP) is 7.11. The number of nitrogens with zero attached hydrogens (tertiary/aromatic N) is 1. The zero-order valence-electron chi connectivity index (χ0n) is 23.2. The molecule has 5 nitrogen and oxygen atoms in total. The molecule has 38 heavy (non-hydrogen) atoms. The topological polar surface area (TPSA) is 69.6 Å². The van der Waals surface area contributed by atoms with Crippen molar-refractivity contribution in [1.29, 1.82) is 0 Å². The summed E-state index contributed by atoms with van der Waals surface area (Å²) in [4.78, 5) is 27.9. The van der Waals surface area contributed by atoms with Crippen molar-refractivity contribution in [3.63, 3.8) is 0 Å². The molecule has 5 rings (SSSR count). The fourth-order valence-electron chi connectivity index (χ4n) is 6.72. The lowest BCUT2D eigenvalue weighted by Crippen LogP contribution is -2.41. The molecule has 3 fully saturated rings. The molecule has 2 N–H and O–H groups in total. The van der Waals surface area contributed by atoms with Gasteiger partial charge in [-0.1, -0.05) is 75.8 Å². The third-order valence-electron chi connectivity index (χ3n) is 9.11. The molecule has 0 radical (unpaired) electrons. The van der Waals surface area contributed by atoms with Gasteiger partial charge in [0.2, 0.25) is 0 Å². The highest BCUT2D eigenvalue weighted by atomic mass is 16.4. The predicted molar refractivity (Wildman–Crippen MR) is 152 cm³/mol. The van der Waals surface area contributed by atoms with Crippen LogP contribution in [0, 0.1) is 12.8 Å². The van der Waals surface area contributed by atoms with Crippen LogP contribution in [0.1, 0.15) is 105 Å². The quantitative estimate of drug-likeness (QED) is 0.315. The largest absolute Gasteiger partial charge is 0.480 e. The number of aliphatic carboxylic acids is 1. The molecule has 1 amide bonds. The highest BCUT2D eigenvalue weighted by molar-refractivity contribution is 6.02. The van der Waals surface area contributed by atoms with Crippen LogP contribution < -0.4 is 5.32 Å². The fraction of sp³-hybridized carbons (Fsp3) is 0.576. The Morgan fingerprint density at radius 1 is 1.03 bits per heavy atom. The van der Waals surface area contributed by atoms with Gasteiger partial charge in [-0.25, -0.2) is 4.79 Å². The van der Waals surface area contributed by atoms with E-state index in [4.69, 9.17) is 0 Å². The Bertz CT molecular complexity index is 1140. The molecule has 2 aromatic rings. The first kappa shape index (κ1) is 26.9. The maximum atomic E-state index is 13.4. The highest BCUT2D eigenvalue weighted by Gasteiger charge is 2.53. The van der Waals surface area contributed by atoms with Gasteiger partial charge >= 0.3 is 5.97 Å². The van der Waals surface area contributed by atoms with E-state index in [0.717, 1.165) is 29.2 Å². The van der Waals surface area contributed by atoms with Gasteiger partial charge in [0.15, 0.2) is 0 Å². The van der Waals surface area contributed by atoms with E-state index in [0.29, 0.717) is 30.0 Å². The molecular formula is C33H44N2O3. The first-order chi connectivity index (χ1) is 18.4. The lowest BCUT2D eigenvalue weighted by Gasteiger charge is -2.36. The SMILES string of the molecule is CCCC(NC(=O)c1ccc(CN(C2CC2)C2(CC3CCCCC3)CC2)cc1-c1ccccc1C)C(=O)O. The van der Waals surface area contributed by atoms with Crippen LogP contribution >= 0.6 is 0 Å². The van der Waals surface area contributed by atoms with E-state index >= 15 is 0 Å². The third-order valence-corrected chi connectivity index (χ3v) is 9.11. The van der Waals surface area contributed by atoms with Crippen LogP contribution in [0.5, 0.6) is 0 Å². The van der Waals surface area contributed by atoms with Crippen LogP contribution in [0.4, 0.5) is 0 Å².